The Balaban J connectivity index is 2.22. The van der Waals surface area contributed by atoms with Crippen molar-refractivity contribution in [2.75, 3.05) is 22.4 Å². The van der Waals surface area contributed by atoms with E-state index in [-0.39, 0.29) is 6.54 Å². The lowest BCUT2D eigenvalue weighted by molar-refractivity contribution is -0.114. The molecule has 7 heteroatoms. The quantitative estimate of drug-likeness (QED) is 0.832. The predicted molar refractivity (Wildman–Crippen MR) is 103 cm³/mol. The van der Waals surface area contributed by atoms with Crippen molar-refractivity contribution in [3.05, 3.63) is 58.6 Å². The third-order valence-corrected chi connectivity index (χ3v) is 5.17. The summed E-state index contributed by atoms with van der Waals surface area (Å²) in [5.74, 6) is -0.435. The van der Waals surface area contributed by atoms with Gasteiger partial charge in [0.05, 0.1) is 11.9 Å². The van der Waals surface area contributed by atoms with Crippen LogP contribution >= 0.6 is 11.6 Å². The van der Waals surface area contributed by atoms with Crippen LogP contribution in [0.3, 0.4) is 0 Å². The van der Waals surface area contributed by atoms with E-state index in [2.05, 4.69) is 5.32 Å². The van der Waals surface area contributed by atoms with Gasteiger partial charge in [-0.1, -0.05) is 36.7 Å². The maximum Gasteiger partial charge on any atom is 0.245 e. The third kappa shape index (κ3) is 5.21. The van der Waals surface area contributed by atoms with Crippen molar-refractivity contribution in [3.63, 3.8) is 0 Å². The van der Waals surface area contributed by atoms with E-state index < -0.39 is 15.9 Å². The van der Waals surface area contributed by atoms with Gasteiger partial charge in [0.2, 0.25) is 15.9 Å². The molecule has 0 aromatic heterocycles. The minimum atomic E-state index is -3.60. The zero-order valence-corrected chi connectivity index (χ0v) is 16.0. The van der Waals surface area contributed by atoms with E-state index in [1.165, 1.54) is 0 Å². The van der Waals surface area contributed by atoms with Gasteiger partial charge < -0.3 is 5.32 Å². The molecule has 5 nitrogen and oxygen atoms in total. The highest BCUT2D eigenvalue weighted by molar-refractivity contribution is 7.92. The van der Waals surface area contributed by atoms with Crippen molar-refractivity contribution in [1.82, 2.24) is 0 Å². The van der Waals surface area contributed by atoms with Gasteiger partial charge in [0.25, 0.3) is 0 Å². The lowest BCUT2D eigenvalue weighted by Gasteiger charge is -2.22. The molecule has 0 aliphatic heterocycles. The van der Waals surface area contributed by atoms with E-state index in [1.807, 2.05) is 26.0 Å². The van der Waals surface area contributed by atoms with Gasteiger partial charge in [-0.05, 0) is 48.7 Å². The fourth-order valence-electron chi connectivity index (χ4n) is 2.35. The summed E-state index contributed by atoms with van der Waals surface area (Å²) in [4.78, 5) is 12.4. The molecule has 1 amide bonds. The molecule has 2 aromatic rings. The van der Waals surface area contributed by atoms with Gasteiger partial charge in [0.15, 0.2) is 0 Å². The van der Waals surface area contributed by atoms with Crippen molar-refractivity contribution in [2.24, 2.45) is 0 Å². The molecule has 2 rings (SSSR count). The topological polar surface area (TPSA) is 66.5 Å². The van der Waals surface area contributed by atoms with Crippen LogP contribution in [0.2, 0.25) is 5.02 Å². The lowest BCUT2D eigenvalue weighted by Crippen LogP contribution is -2.37. The number of aryl methyl sites for hydroxylation is 2. The van der Waals surface area contributed by atoms with E-state index in [1.54, 1.807) is 30.3 Å². The normalized spacial score (nSPS) is 11.2. The summed E-state index contributed by atoms with van der Waals surface area (Å²) in [7, 11) is -3.60. The van der Waals surface area contributed by atoms with E-state index in [4.69, 9.17) is 11.6 Å². The number of hydrogen-bond acceptors (Lipinski definition) is 3. The molecule has 0 aliphatic rings. The first kappa shape index (κ1) is 19.3. The van der Waals surface area contributed by atoms with Crippen LogP contribution in [-0.4, -0.2) is 27.1 Å². The molecule has 0 atom stereocenters. The molecule has 134 valence electrons. The van der Waals surface area contributed by atoms with Crippen molar-refractivity contribution < 1.29 is 13.2 Å². The molecule has 0 fully saturated rings. The molecule has 0 bridgehead atoms. The zero-order chi connectivity index (χ0) is 18.6. The number of benzene rings is 2. The van der Waals surface area contributed by atoms with Gasteiger partial charge in [-0.15, -0.1) is 0 Å². The summed E-state index contributed by atoms with van der Waals surface area (Å²) in [5, 5.41) is 3.21. The lowest BCUT2D eigenvalue weighted by atomic mass is 10.1. The summed E-state index contributed by atoms with van der Waals surface area (Å²) < 4.78 is 25.3. The molecule has 0 radical (unpaired) electrons. The molecule has 0 spiro atoms. The Morgan fingerprint density at radius 1 is 1.16 bits per heavy atom. The van der Waals surface area contributed by atoms with Crippen LogP contribution in [0.25, 0.3) is 0 Å². The van der Waals surface area contributed by atoms with E-state index >= 15 is 0 Å². The Bertz CT molecular complexity index is 864. The second-order valence-corrected chi connectivity index (χ2v) is 8.14. The Morgan fingerprint density at radius 3 is 2.36 bits per heavy atom. The van der Waals surface area contributed by atoms with Gasteiger partial charge in [-0.25, -0.2) is 8.42 Å². The first-order valence-corrected chi connectivity index (χ1v) is 10.1. The molecular weight excluding hydrogens is 360 g/mol. The van der Waals surface area contributed by atoms with Crippen LogP contribution in [0.5, 0.6) is 0 Å². The second kappa shape index (κ2) is 7.89. The number of halogens is 1. The van der Waals surface area contributed by atoms with Gasteiger partial charge >= 0.3 is 0 Å². The number of rotatable bonds is 6. The van der Waals surface area contributed by atoms with Crippen molar-refractivity contribution in [3.8, 4) is 0 Å². The molecule has 0 unspecified atom stereocenters. The smallest absolute Gasteiger partial charge is 0.245 e. The van der Waals surface area contributed by atoms with Crippen LogP contribution < -0.4 is 9.62 Å². The van der Waals surface area contributed by atoms with Crippen molar-refractivity contribution >= 4 is 38.9 Å². The van der Waals surface area contributed by atoms with Crippen LogP contribution in [0.1, 0.15) is 18.1 Å². The summed E-state index contributed by atoms with van der Waals surface area (Å²) in [6, 6.07) is 12.3. The second-order valence-electron chi connectivity index (χ2n) is 5.80. The first-order chi connectivity index (χ1) is 11.7. The summed E-state index contributed by atoms with van der Waals surface area (Å²) in [6.45, 7) is 3.55. The third-order valence-electron chi connectivity index (χ3n) is 3.79. The van der Waals surface area contributed by atoms with Gasteiger partial charge in [0.1, 0.15) is 6.54 Å². The summed E-state index contributed by atoms with van der Waals surface area (Å²) >= 11 is 5.95. The summed E-state index contributed by atoms with van der Waals surface area (Å²) in [5.41, 5.74) is 2.96. The zero-order valence-electron chi connectivity index (χ0n) is 14.4. The minimum Gasteiger partial charge on any atom is -0.324 e. The monoisotopic (exact) mass is 380 g/mol. The Hall–Kier alpha value is -2.05. The highest BCUT2D eigenvalue weighted by Gasteiger charge is 2.21. The van der Waals surface area contributed by atoms with Crippen LogP contribution in [0, 0.1) is 6.92 Å². The van der Waals surface area contributed by atoms with Gasteiger partial charge in [-0.2, -0.15) is 0 Å². The molecule has 0 aliphatic carbocycles. The van der Waals surface area contributed by atoms with Gasteiger partial charge in [0, 0.05) is 10.7 Å². The van der Waals surface area contributed by atoms with E-state index in [0.717, 1.165) is 28.1 Å². The Morgan fingerprint density at radius 2 is 1.80 bits per heavy atom. The number of amides is 1. The van der Waals surface area contributed by atoms with Gasteiger partial charge in [-0.3, -0.25) is 9.10 Å². The Kier molecular flexibility index (Phi) is 6.08. The standard InChI is InChI=1S/C18H21ClN2O3S/c1-4-14-6-9-16(10-7-14)21(25(3,23)24)12-18(22)20-17-11-15(19)8-5-13(17)2/h5-11H,4,12H2,1-3H3,(H,20,22). The number of carbonyl (C=O) groups excluding carboxylic acids is 1. The van der Waals surface area contributed by atoms with E-state index in [9.17, 15) is 13.2 Å². The number of nitrogens with zero attached hydrogens (tertiary/aromatic N) is 1. The minimum absolute atomic E-state index is 0.309. The number of sulfonamides is 1. The first-order valence-electron chi connectivity index (χ1n) is 7.83. The summed E-state index contributed by atoms with van der Waals surface area (Å²) in [6.07, 6.45) is 1.94. The largest absolute Gasteiger partial charge is 0.324 e. The maximum atomic E-state index is 12.4. The highest BCUT2D eigenvalue weighted by Crippen LogP contribution is 2.22. The molecule has 25 heavy (non-hydrogen) atoms. The SMILES string of the molecule is CCc1ccc(N(CC(=O)Nc2cc(Cl)ccc2C)S(C)(=O)=O)cc1. The molecular formula is C18H21ClN2O3S. The van der Waals surface area contributed by atoms with E-state index in [0.29, 0.717) is 16.4 Å². The van der Waals surface area contributed by atoms with Crippen molar-refractivity contribution in [2.45, 2.75) is 20.3 Å². The molecule has 2 aromatic carbocycles. The van der Waals surface area contributed by atoms with Crippen LogP contribution in [0.15, 0.2) is 42.5 Å². The molecule has 0 saturated heterocycles. The predicted octanol–water partition coefficient (Wildman–Crippen LogP) is 3.62. The molecule has 0 saturated carbocycles. The Labute approximate surface area is 153 Å². The average molecular weight is 381 g/mol. The molecule has 1 N–H and O–H groups in total. The fraction of sp³-hybridized carbons (Fsp3) is 0.278. The number of nitrogens with one attached hydrogen (secondary N) is 1. The highest BCUT2D eigenvalue weighted by atomic mass is 35.5. The number of carbonyl (C=O) groups is 1. The molecule has 0 heterocycles. The van der Waals surface area contributed by atoms with Crippen molar-refractivity contribution in [1.29, 1.82) is 0 Å². The maximum absolute atomic E-state index is 12.4. The van der Waals surface area contributed by atoms with Crippen LogP contribution in [0.4, 0.5) is 11.4 Å². The fourth-order valence-corrected chi connectivity index (χ4v) is 3.38. The number of hydrogen-bond donors (Lipinski definition) is 1. The van der Waals surface area contributed by atoms with Crippen LogP contribution in [-0.2, 0) is 21.2 Å². The number of anilines is 2. The average Bonchev–Trinajstić information content (AvgIpc) is 2.55.